The summed E-state index contributed by atoms with van der Waals surface area (Å²) in [7, 11) is 4.82. The predicted octanol–water partition coefficient (Wildman–Crippen LogP) is 1.24. The number of carbonyl (C=O) groups excluding carboxylic acids is 1. The van der Waals surface area contributed by atoms with Crippen LogP contribution in [-0.2, 0) is 18.5 Å². The molecule has 1 heterocycles. The zero-order chi connectivity index (χ0) is 14.9. The van der Waals surface area contributed by atoms with Crippen molar-refractivity contribution in [2.24, 2.45) is 0 Å². The third-order valence-electron chi connectivity index (χ3n) is 2.82. The minimum Gasteiger partial charge on any atom is -0.454 e. The van der Waals surface area contributed by atoms with E-state index < -0.39 is 15.0 Å². The number of hydrogen-bond acceptors (Lipinski definition) is 6. The number of benzene rings is 1. The van der Waals surface area contributed by atoms with Crippen LogP contribution in [0.2, 0.25) is 0 Å². The second-order valence-electron chi connectivity index (χ2n) is 4.58. The number of esters is 1. The zero-order valence-electron chi connectivity index (χ0n) is 11.0. The third-order valence-corrected chi connectivity index (χ3v) is 4.17. The lowest BCUT2D eigenvalue weighted by atomic mass is 10.2. The van der Waals surface area contributed by atoms with Gasteiger partial charge in [-0.3, -0.25) is 0 Å². The molecule has 0 bridgehead atoms. The van der Waals surface area contributed by atoms with Gasteiger partial charge in [-0.25, -0.2) is 13.2 Å². The lowest BCUT2D eigenvalue weighted by molar-refractivity contribution is -0.103. The van der Waals surface area contributed by atoms with Gasteiger partial charge in [-0.05, 0) is 18.2 Å². The van der Waals surface area contributed by atoms with Crippen molar-refractivity contribution < 1.29 is 22.7 Å². The number of anilines is 1. The fraction of sp³-hybridized carbons (Fsp3) is 0.417. The van der Waals surface area contributed by atoms with Gasteiger partial charge in [0.25, 0.3) is 9.05 Å². The maximum atomic E-state index is 11.9. The lowest BCUT2D eigenvalue weighted by Crippen LogP contribution is -2.37. The van der Waals surface area contributed by atoms with Crippen molar-refractivity contribution >= 4 is 31.4 Å². The number of rotatable bonds is 4. The zero-order valence-corrected chi connectivity index (χ0v) is 12.6. The Morgan fingerprint density at radius 1 is 1.40 bits per heavy atom. The van der Waals surface area contributed by atoms with Gasteiger partial charge in [-0.15, -0.1) is 0 Å². The molecule has 2 rings (SSSR count). The Hall–Kier alpha value is -1.31. The molecule has 1 aliphatic heterocycles. The van der Waals surface area contributed by atoms with E-state index in [1.54, 1.807) is 19.0 Å². The predicted molar refractivity (Wildman–Crippen MR) is 73.8 cm³/mol. The van der Waals surface area contributed by atoms with E-state index in [0.29, 0.717) is 18.9 Å². The minimum absolute atomic E-state index is 0.122. The maximum absolute atomic E-state index is 11.9. The van der Waals surface area contributed by atoms with Gasteiger partial charge < -0.3 is 14.4 Å². The minimum atomic E-state index is -3.96. The highest BCUT2D eigenvalue weighted by molar-refractivity contribution is 8.13. The van der Waals surface area contributed by atoms with Crippen LogP contribution in [0.3, 0.4) is 0 Å². The third kappa shape index (κ3) is 3.23. The highest BCUT2D eigenvalue weighted by Gasteiger charge is 2.25. The van der Waals surface area contributed by atoms with Crippen LogP contribution in [0.15, 0.2) is 23.1 Å². The smallest absolute Gasteiger partial charge is 0.338 e. The second kappa shape index (κ2) is 5.59. The molecule has 8 heteroatoms. The Balaban J connectivity index is 2.33. The van der Waals surface area contributed by atoms with Gasteiger partial charge in [0.1, 0.15) is 11.0 Å². The topological polar surface area (TPSA) is 72.9 Å². The van der Waals surface area contributed by atoms with E-state index in [2.05, 4.69) is 0 Å². The first-order valence-electron chi connectivity index (χ1n) is 5.84. The van der Waals surface area contributed by atoms with Crippen molar-refractivity contribution in [2.45, 2.75) is 11.0 Å². The fourth-order valence-corrected chi connectivity index (χ4v) is 2.85. The Morgan fingerprint density at radius 2 is 2.05 bits per heavy atom. The van der Waals surface area contributed by atoms with Crippen molar-refractivity contribution in [1.29, 1.82) is 0 Å². The summed E-state index contributed by atoms with van der Waals surface area (Å²) in [6.07, 6.45) is -0.271. The van der Waals surface area contributed by atoms with Crippen LogP contribution in [0.25, 0.3) is 0 Å². The summed E-state index contributed by atoms with van der Waals surface area (Å²) in [5, 5.41) is 0. The normalized spacial score (nSPS) is 15.6. The second-order valence-corrected chi connectivity index (χ2v) is 7.11. The van der Waals surface area contributed by atoms with Crippen molar-refractivity contribution in [3.05, 3.63) is 23.8 Å². The molecule has 1 fully saturated rings. The summed E-state index contributed by atoms with van der Waals surface area (Å²) >= 11 is 0. The van der Waals surface area contributed by atoms with Crippen LogP contribution in [0.1, 0.15) is 10.4 Å². The highest BCUT2D eigenvalue weighted by atomic mass is 35.7. The Kier molecular flexibility index (Phi) is 4.22. The standard InChI is InChI=1S/C12H14ClNO5S/c1-14(2)10-4-3-8(5-11(10)20(13,16)17)12(15)19-9-6-18-7-9/h3-5,9H,6-7H2,1-2H3. The molecule has 1 saturated heterocycles. The number of carbonyl (C=O) groups is 1. The first-order chi connectivity index (χ1) is 9.29. The van der Waals surface area contributed by atoms with Crippen LogP contribution >= 0.6 is 10.7 Å². The molecule has 0 unspecified atom stereocenters. The summed E-state index contributed by atoms with van der Waals surface area (Å²) in [6.45, 7) is 0.727. The molecule has 0 saturated carbocycles. The Morgan fingerprint density at radius 3 is 2.50 bits per heavy atom. The summed E-state index contributed by atoms with van der Waals surface area (Å²) < 4.78 is 33.2. The number of ether oxygens (including phenoxy) is 2. The number of nitrogens with zero attached hydrogens (tertiary/aromatic N) is 1. The van der Waals surface area contributed by atoms with Crippen molar-refractivity contribution in [3.8, 4) is 0 Å². The van der Waals surface area contributed by atoms with Crippen molar-refractivity contribution in [2.75, 3.05) is 32.2 Å². The maximum Gasteiger partial charge on any atom is 0.338 e. The molecule has 0 spiro atoms. The van der Waals surface area contributed by atoms with E-state index in [9.17, 15) is 13.2 Å². The summed E-state index contributed by atoms with van der Waals surface area (Å²) in [5.41, 5.74) is 0.547. The van der Waals surface area contributed by atoms with Crippen LogP contribution in [-0.4, -0.2) is 47.8 Å². The first-order valence-corrected chi connectivity index (χ1v) is 8.14. The van der Waals surface area contributed by atoms with E-state index >= 15 is 0 Å². The van der Waals surface area contributed by atoms with Crippen LogP contribution in [0.5, 0.6) is 0 Å². The van der Waals surface area contributed by atoms with Gasteiger partial charge in [-0.2, -0.15) is 0 Å². The molecule has 1 aliphatic rings. The molecule has 6 nitrogen and oxygen atoms in total. The molecule has 0 N–H and O–H groups in total. The molecule has 0 radical (unpaired) electrons. The first kappa shape index (κ1) is 15.1. The highest BCUT2D eigenvalue weighted by Crippen LogP contribution is 2.28. The van der Waals surface area contributed by atoms with Gasteiger partial charge >= 0.3 is 5.97 Å². The fourth-order valence-electron chi connectivity index (χ4n) is 1.71. The van der Waals surface area contributed by atoms with Gasteiger partial charge in [-0.1, -0.05) is 0 Å². The summed E-state index contributed by atoms with van der Waals surface area (Å²) in [6, 6.07) is 4.24. The van der Waals surface area contributed by atoms with E-state index in [1.807, 2.05) is 0 Å². The van der Waals surface area contributed by atoms with Crippen LogP contribution < -0.4 is 4.90 Å². The Labute approximate surface area is 121 Å². The van der Waals surface area contributed by atoms with Gasteiger partial charge in [0.2, 0.25) is 0 Å². The van der Waals surface area contributed by atoms with Crippen LogP contribution in [0.4, 0.5) is 5.69 Å². The average Bonchev–Trinajstić information content (AvgIpc) is 2.31. The molecule has 0 amide bonds. The molecule has 20 heavy (non-hydrogen) atoms. The van der Waals surface area contributed by atoms with Crippen molar-refractivity contribution in [3.63, 3.8) is 0 Å². The van der Waals surface area contributed by atoms with E-state index in [1.165, 1.54) is 18.2 Å². The van der Waals surface area contributed by atoms with E-state index in [0.717, 1.165) is 0 Å². The van der Waals surface area contributed by atoms with E-state index in [4.69, 9.17) is 20.2 Å². The largest absolute Gasteiger partial charge is 0.454 e. The van der Waals surface area contributed by atoms with Gasteiger partial charge in [0, 0.05) is 24.8 Å². The molecule has 1 aromatic rings. The molecule has 0 atom stereocenters. The molecule has 0 aliphatic carbocycles. The van der Waals surface area contributed by atoms with Crippen molar-refractivity contribution in [1.82, 2.24) is 0 Å². The van der Waals surface area contributed by atoms with Crippen LogP contribution in [0, 0.1) is 0 Å². The lowest BCUT2D eigenvalue weighted by Gasteiger charge is -2.25. The quantitative estimate of drug-likeness (QED) is 0.614. The monoisotopic (exact) mass is 319 g/mol. The van der Waals surface area contributed by atoms with E-state index in [-0.39, 0.29) is 16.6 Å². The number of hydrogen-bond donors (Lipinski definition) is 0. The number of halogens is 1. The molecule has 0 aromatic heterocycles. The summed E-state index contributed by atoms with van der Waals surface area (Å²) in [4.78, 5) is 13.4. The summed E-state index contributed by atoms with van der Waals surface area (Å²) in [5.74, 6) is -0.592. The molecular weight excluding hydrogens is 306 g/mol. The Bertz CT molecular complexity index is 625. The van der Waals surface area contributed by atoms with Gasteiger partial charge in [0.05, 0.1) is 24.5 Å². The SMILES string of the molecule is CN(C)c1ccc(C(=O)OC2COC2)cc1S(=O)(=O)Cl. The van der Waals surface area contributed by atoms with Gasteiger partial charge in [0.15, 0.2) is 0 Å². The molecule has 110 valence electrons. The average molecular weight is 320 g/mol. The molecule has 1 aromatic carbocycles. The molecular formula is C12H14ClNO5S.